The molecule has 266 valence electrons. The summed E-state index contributed by atoms with van der Waals surface area (Å²) in [7, 11) is 0. The molecule has 0 fully saturated rings. The second kappa shape index (κ2) is 12.0. The van der Waals surface area contributed by atoms with Crippen LogP contribution in [0, 0.1) is 0 Å². The highest BCUT2D eigenvalue weighted by atomic mass is 14.4. The van der Waals surface area contributed by atoms with Crippen LogP contribution in [0.2, 0.25) is 0 Å². The summed E-state index contributed by atoms with van der Waals surface area (Å²) in [6.45, 7) is 4.80. The highest BCUT2D eigenvalue weighted by Crippen LogP contribution is 2.55. The van der Waals surface area contributed by atoms with E-state index in [0.717, 1.165) is 0 Å². The lowest BCUT2D eigenvalue weighted by Crippen LogP contribution is -2.15. The summed E-state index contributed by atoms with van der Waals surface area (Å²) in [6, 6.07) is 72.6. The van der Waals surface area contributed by atoms with E-state index in [1.54, 1.807) is 0 Å². The average Bonchev–Trinajstić information content (AvgIpc) is 3.51. The summed E-state index contributed by atoms with van der Waals surface area (Å²) in [5.41, 5.74) is 13.0. The molecule has 0 unspecified atom stereocenters. The predicted molar refractivity (Wildman–Crippen MR) is 245 cm³/mol. The zero-order chi connectivity index (χ0) is 37.8. The van der Waals surface area contributed by atoms with E-state index < -0.39 is 0 Å². The van der Waals surface area contributed by atoms with E-state index in [9.17, 15) is 0 Å². The smallest absolute Gasteiger partial charge is 0.0165 e. The zero-order valence-corrected chi connectivity index (χ0v) is 32.0. The van der Waals surface area contributed by atoms with E-state index in [1.165, 1.54) is 120 Å². The normalized spacial score (nSPS) is 13.2. The molecule has 0 nitrogen and oxygen atoms in total. The molecule has 11 aromatic rings. The van der Waals surface area contributed by atoms with Gasteiger partial charge in [0.25, 0.3) is 0 Å². The van der Waals surface area contributed by atoms with Gasteiger partial charge >= 0.3 is 0 Å². The number of benzene rings is 11. The minimum absolute atomic E-state index is 0.120. The van der Waals surface area contributed by atoms with Crippen LogP contribution in [0.15, 0.2) is 194 Å². The topological polar surface area (TPSA) is 0 Å². The Kier molecular flexibility index (Phi) is 6.78. The molecule has 1 aliphatic carbocycles. The van der Waals surface area contributed by atoms with Gasteiger partial charge in [-0.2, -0.15) is 0 Å². The molecular formula is C57H38. The SMILES string of the molecule is CC1(C)c2ccc(-c3cccc(-c4c5ccccc5c(-c5cccc6c5ccc5ccccc56)c5ccccc45)c3)cc2-c2c1c1ccccc1c1ccccc21. The van der Waals surface area contributed by atoms with Crippen molar-refractivity contribution in [3.05, 3.63) is 205 Å². The molecule has 0 heterocycles. The van der Waals surface area contributed by atoms with Crippen LogP contribution < -0.4 is 0 Å². The van der Waals surface area contributed by atoms with Crippen LogP contribution in [0.25, 0.3) is 109 Å². The van der Waals surface area contributed by atoms with E-state index >= 15 is 0 Å². The third kappa shape index (κ3) is 4.56. The van der Waals surface area contributed by atoms with Gasteiger partial charge in [0.2, 0.25) is 0 Å². The molecule has 57 heavy (non-hydrogen) atoms. The molecule has 11 aromatic carbocycles. The second-order valence-electron chi connectivity index (χ2n) is 16.3. The standard InChI is InChI=1S/C57H38/c1-57(2)52-32-30-37(34-51(52)55-45-21-7-5-19-41(45)42-20-6-12-26-50(42)56(55)57)36-16-13-17-38(33-36)53-46-22-8-10-24-48(46)54(49-25-11-9-23-47(49)53)44-28-14-27-40-39-18-4-3-15-35(39)29-31-43(40)44/h3-34H,1-2H3. The minimum Gasteiger partial charge on any atom is -0.0616 e. The van der Waals surface area contributed by atoms with Crippen LogP contribution in [-0.4, -0.2) is 0 Å². The molecule has 0 aromatic heterocycles. The Balaban J connectivity index is 1.07. The first-order valence-electron chi connectivity index (χ1n) is 20.1. The van der Waals surface area contributed by atoms with Gasteiger partial charge in [0.05, 0.1) is 0 Å². The zero-order valence-electron chi connectivity index (χ0n) is 32.0. The van der Waals surface area contributed by atoms with Gasteiger partial charge in [-0.05, 0) is 132 Å². The quantitative estimate of drug-likeness (QED) is 0.126. The Morgan fingerprint density at radius 2 is 0.772 bits per heavy atom. The molecule has 0 atom stereocenters. The van der Waals surface area contributed by atoms with E-state index in [1.807, 2.05) is 0 Å². The Hall–Kier alpha value is -7.02. The van der Waals surface area contributed by atoms with Gasteiger partial charge < -0.3 is 0 Å². The first kappa shape index (κ1) is 32.2. The van der Waals surface area contributed by atoms with Crippen LogP contribution in [0.4, 0.5) is 0 Å². The van der Waals surface area contributed by atoms with Gasteiger partial charge in [-0.25, -0.2) is 0 Å². The summed E-state index contributed by atoms with van der Waals surface area (Å²) >= 11 is 0. The fourth-order valence-electron chi connectivity index (χ4n) is 10.5. The van der Waals surface area contributed by atoms with E-state index in [2.05, 4.69) is 208 Å². The van der Waals surface area contributed by atoms with Crippen molar-refractivity contribution in [1.82, 2.24) is 0 Å². The maximum absolute atomic E-state index is 2.47. The number of hydrogen-bond acceptors (Lipinski definition) is 0. The average molecular weight is 723 g/mol. The van der Waals surface area contributed by atoms with Crippen molar-refractivity contribution in [2.24, 2.45) is 0 Å². The molecule has 12 rings (SSSR count). The van der Waals surface area contributed by atoms with Crippen molar-refractivity contribution < 1.29 is 0 Å². The lowest BCUT2D eigenvalue weighted by molar-refractivity contribution is 0.666. The minimum atomic E-state index is -0.120. The van der Waals surface area contributed by atoms with Gasteiger partial charge in [0.1, 0.15) is 0 Å². The molecule has 0 radical (unpaired) electrons. The molecule has 0 aliphatic heterocycles. The molecule has 0 amide bonds. The summed E-state index contributed by atoms with van der Waals surface area (Å²) in [6.07, 6.45) is 0. The van der Waals surface area contributed by atoms with Gasteiger partial charge in [-0.1, -0.05) is 196 Å². The maximum Gasteiger partial charge on any atom is 0.0165 e. The van der Waals surface area contributed by atoms with Crippen LogP contribution in [0.3, 0.4) is 0 Å². The summed E-state index contributed by atoms with van der Waals surface area (Å²) in [5, 5.41) is 15.6. The van der Waals surface area contributed by atoms with Crippen LogP contribution in [-0.2, 0) is 5.41 Å². The summed E-state index contributed by atoms with van der Waals surface area (Å²) < 4.78 is 0. The van der Waals surface area contributed by atoms with Crippen molar-refractivity contribution in [1.29, 1.82) is 0 Å². The van der Waals surface area contributed by atoms with E-state index in [0.29, 0.717) is 0 Å². The Morgan fingerprint density at radius 1 is 0.281 bits per heavy atom. The largest absolute Gasteiger partial charge is 0.0616 e. The highest BCUT2D eigenvalue weighted by Gasteiger charge is 2.38. The highest BCUT2D eigenvalue weighted by molar-refractivity contribution is 6.25. The van der Waals surface area contributed by atoms with Gasteiger partial charge in [0, 0.05) is 5.41 Å². The molecule has 0 heteroatoms. The van der Waals surface area contributed by atoms with Crippen molar-refractivity contribution >= 4 is 64.6 Å². The first-order chi connectivity index (χ1) is 28.1. The maximum atomic E-state index is 2.47. The third-order valence-electron chi connectivity index (χ3n) is 13.0. The van der Waals surface area contributed by atoms with E-state index in [4.69, 9.17) is 0 Å². The molecule has 0 N–H and O–H groups in total. The number of fused-ring (bicyclic) bond motifs is 13. The molecule has 0 bridgehead atoms. The molecule has 0 spiro atoms. The second-order valence-corrected chi connectivity index (χ2v) is 16.3. The predicted octanol–water partition coefficient (Wildman–Crippen LogP) is 15.9. The Bertz CT molecular complexity index is 3430. The molecule has 0 saturated carbocycles. The Labute approximate surface area is 332 Å². The molecule has 0 saturated heterocycles. The van der Waals surface area contributed by atoms with E-state index in [-0.39, 0.29) is 5.41 Å². The monoisotopic (exact) mass is 722 g/mol. The lowest BCUT2D eigenvalue weighted by Gasteiger charge is -2.24. The van der Waals surface area contributed by atoms with Crippen molar-refractivity contribution in [2.75, 3.05) is 0 Å². The molecule has 1 aliphatic rings. The van der Waals surface area contributed by atoms with Crippen LogP contribution in [0.5, 0.6) is 0 Å². The van der Waals surface area contributed by atoms with Gasteiger partial charge in [-0.15, -0.1) is 0 Å². The lowest BCUT2D eigenvalue weighted by atomic mass is 9.79. The van der Waals surface area contributed by atoms with Gasteiger partial charge in [0.15, 0.2) is 0 Å². The first-order valence-corrected chi connectivity index (χ1v) is 20.1. The summed E-state index contributed by atoms with van der Waals surface area (Å²) in [4.78, 5) is 0. The number of rotatable bonds is 3. The fourth-order valence-corrected chi connectivity index (χ4v) is 10.5. The van der Waals surface area contributed by atoms with Crippen molar-refractivity contribution in [3.8, 4) is 44.5 Å². The third-order valence-corrected chi connectivity index (χ3v) is 13.0. The Morgan fingerprint density at radius 3 is 1.47 bits per heavy atom. The van der Waals surface area contributed by atoms with Crippen LogP contribution >= 0.6 is 0 Å². The van der Waals surface area contributed by atoms with Gasteiger partial charge in [-0.3, -0.25) is 0 Å². The van der Waals surface area contributed by atoms with Crippen LogP contribution in [0.1, 0.15) is 25.0 Å². The fraction of sp³-hybridized carbons (Fsp3) is 0.0526. The molecular weight excluding hydrogens is 685 g/mol. The van der Waals surface area contributed by atoms with Crippen molar-refractivity contribution in [3.63, 3.8) is 0 Å². The summed E-state index contributed by atoms with van der Waals surface area (Å²) in [5.74, 6) is 0. The number of hydrogen-bond donors (Lipinski definition) is 0. The van der Waals surface area contributed by atoms with Crippen molar-refractivity contribution in [2.45, 2.75) is 19.3 Å².